The first-order valence-corrected chi connectivity index (χ1v) is 7.43. The highest BCUT2D eigenvalue weighted by atomic mass is 79.9. The number of hydrogen-bond acceptors (Lipinski definition) is 3. The van der Waals surface area contributed by atoms with E-state index in [2.05, 4.69) is 57.5 Å². The van der Waals surface area contributed by atoms with E-state index in [4.69, 9.17) is 4.74 Å². The molecule has 2 rings (SSSR count). The summed E-state index contributed by atoms with van der Waals surface area (Å²) < 4.78 is 8.07. The van der Waals surface area contributed by atoms with Crippen molar-refractivity contribution in [3.05, 3.63) is 45.7 Å². The quantitative estimate of drug-likeness (QED) is 0.823. The number of methoxy groups -OCH3 is 1. The smallest absolute Gasteiger partial charge is 0.0660 e. The van der Waals surface area contributed by atoms with Crippen LogP contribution in [0.3, 0.4) is 0 Å². The minimum absolute atomic E-state index is 0.724. The molecule has 0 fully saturated rings. The molecule has 0 saturated carbocycles. The summed E-state index contributed by atoms with van der Waals surface area (Å²) in [5.74, 6) is 0. The van der Waals surface area contributed by atoms with Crippen molar-refractivity contribution in [3.8, 4) is 5.69 Å². The molecule has 0 aliphatic rings. The number of nitrogens with one attached hydrogen (secondary N) is 1. The van der Waals surface area contributed by atoms with Gasteiger partial charge < -0.3 is 10.1 Å². The lowest BCUT2D eigenvalue weighted by Gasteiger charge is -2.10. The fourth-order valence-corrected chi connectivity index (χ4v) is 2.61. The van der Waals surface area contributed by atoms with Crippen molar-refractivity contribution in [1.29, 1.82) is 0 Å². The highest BCUT2D eigenvalue weighted by Gasteiger charge is 2.06. The Morgan fingerprint density at radius 1 is 1.30 bits per heavy atom. The molecule has 5 heteroatoms. The number of nitrogens with zero attached hydrogens (tertiary/aromatic N) is 2. The molecule has 1 heterocycles. The van der Waals surface area contributed by atoms with Gasteiger partial charge in [0.1, 0.15) is 0 Å². The molecule has 0 unspecified atom stereocenters. The zero-order valence-electron chi connectivity index (χ0n) is 12.1. The van der Waals surface area contributed by atoms with Crippen LogP contribution in [0, 0.1) is 13.8 Å². The number of ether oxygens (including phenoxy) is 1. The molecular weight excluding hydrogens is 318 g/mol. The molecule has 1 N–H and O–H groups in total. The van der Waals surface area contributed by atoms with E-state index in [1.807, 2.05) is 11.6 Å². The van der Waals surface area contributed by atoms with Gasteiger partial charge in [0.25, 0.3) is 0 Å². The van der Waals surface area contributed by atoms with Gasteiger partial charge in [0.15, 0.2) is 0 Å². The maximum atomic E-state index is 5.02. The highest BCUT2D eigenvalue weighted by molar-refractivity contribution is 9.10. The normalized spacial score (nSPS) is 11.0. The first kappa shape index (κ1) is 15.2. The maximum absolute atomic E-state index is 5.02. The molecule has 0 spiro atoms. The Labute approximate surface area is 128 Å². The molecule has 2 aromatic rings. The molecule has 108 valence electrons. The summed E-state index contributed by atoms with van der Waals surface area (Å²) in [6.45, 7) is 6.46. The van der Waals surface area contributed by atoms with Gasteiger partial charge >= 0.3 is 0 Å². The minimum atomic E-state index is 0.724. The van der Waals surface area contributed by atoms with E-state index in [-0.39, 0.29) is 0 Å². The van der Waals surface area contributed by atoms with Crippen molar-refractivity contribution in [3.63, 3.8) is 0 Å². The van der Waals surface area contributed by atoms with Crippen LogP contribution < -0.4 is 5.32 Å². The van der Waals surface area contributed by atoms with Crippen LogP contribution in [0.4, 0.5) is 0 Å². The SMILES string of the molecule is COCCNCc1ccc(-n2nc(C)cc2C)cc1Br. The largest absolute Gasteiger partial charge is 0.383 e. The Kier molecular flexibility index (Phi) is 5.34. The Bertz CT molecular complexity index is 580. The van der Waals surface area contributed by atoms with Gasteiger partial charge in [-0.1, -0.05) is 22.0 Å². The van der Waals surface area contributed by atoms with Gasteiger partial charge in [-0.15, -0.1) is 0 Å². The Morgan fingerprint density at radius 3 is 2.70 bits per heavy atom. The lowest BCUT2D eigenvalue weighted by atomic mass is 10.2. The standard InChI is InChI=1S/C15H20BrN3O/c1-11-8-12(2)19(18-11)14-5-4-13(15(16)9-14)10-17-6-7-20-3/h4-5,8-9,17H,6-7,10H2,1-3H3. The molecule has 1 aromatic carbocycles. The van der Waals surface area contributed by atoms with Crippen molar-refractivity contribution < 1.29 is 4.74 Å². The van der Waals surface area contributed by atoms with Crippen molar-refractivity contribution in [2.45, 2.75) is 20.4 Å². The van der Waals surface area contributed by atoms with Gasteiger partial charge in [0.2, 0.25) is 0 Å². The monoisotopic (exact) mass is 337 g/mol. The van der Waals surface area contributed by atoms with Crippen molar-refractivity contribution in [2.75, 3.05) is 20.3 Å². The van der Waals surface area contributed by atoms with E-state index in [1.165, 1.54) is 5.56 Å². The Balaban J connectivity index is 2.11. The third kappa shape index (κ3) is 3.69. The molecule has 0 atom stereocenters. The van der Waals surface area contributed by atoms with Gasteiger partial charge in [-0.3, -0.25) is 0 Å². The summed E-state index contributed by atoms with van der Waals surface area (Å²) >= 11 is 3.63. The summed E-state index contributed by atoms with van der Waals surface area (Å²) in [5.41, 5.74) is 4.47. The second kappa shape index (κ2) is 7.02. The molecule has 0 radical (unpaired) electrons. The second-order valence-electron chi connectivity index (χ2n) is 4.78. The van der Waals surface area contributed by atoms with Crippen LogP contribution in [0.25, 0.3) is 5.69 Å². The summed E-state index contributed by atoms with van der Waals surface area (Å²) in [7, 11) is 1.71. The van der Waals surface area contributed by atoms with Crippen molar-refractivity contribution in [2.24, 2.45) is 0 Å². The predicted molar refractivity (Wildman–Crippen MR) is 84.3 cm³/mol. The van der Waals surface area contributed by atoms with E-state index in [0.717, 1.165) is 41.2 Å². The third-order valence-electron chi connectivity index (χ3n) is 3.09. The highest BCUT2D eigenvalue weighted by Crippen LogP contribution is 2.21. The second-order valence-corrected chi connectivity index (χ2v) is 5.64. The van der Waals surface area contributed by atoms with E-state index >= 15 is 0 Å². The Hall–Kier alpha value is -1.17. The number of halogens is 1. The first-order valence-electron chi connectivity index (χ1n) is 6.63. The zero-order valence-corrected chi connectivity index (χ0v) is 13.7. The molecule has 0 bridgehead atoms. The average Bonchev–Trinajstić information content (AvgIpc) is 2.75. The van der Waals surface area contributed by atoms with Crippen molar-refractivity contribution >= 4 is 15.9 Å². The molecule has 20 heavy (non-hydrogen) atoms. The number of benzene rings is 1. The zero-order chi connectivity index (χ0) is 14.5. The number of hydrogen-bond donors (Lipinski definition) is 1. The first-order chi connectivity index (χ1) is 9.61. The molecule has 0 amide bonds. The summed E-state index contributed by atoms with van der Waals surface area (Å²) in [6.07, 6.45) is 0. The van der Waals surface area contributed by atoms with Crippen LogP contribution in [0.15, 0.2) is 28.7 Å². The van der Waals surface area contributed by atoms with Crippen LogP contribution in [0.5, 0.6) is 0 Å². The van der Waals surface area contributed by atoms with E-state index in [1.54, 1.807) is 7.11 Å². The molecule has 1 aromatic heterocycles. The number of aryl methyl sites for hydroxylation is 2. The number of rotatable bonds is 6. The fourth-order valence-electron chi connectivity index (χ4n) is 2.10. The van der Waals surface area contributed by atoms with Crippen LogP contribution in [-0.4, -0.2) is 30.0 Å². The molecular formula is C15H20BrN3O. The van der Waals surface area contributed by atoms with Gasteiger partial charge in [0, 0.05) is 30.4 Å². The van der Waals surface area contributed by atoms with Gasteiger partial charge in [0.05, 0.1) is 18.0 Å². The minimum Gasteiger partial charge on any atom is -0.383 e. The molecule has 0 saturated heterocycles. The predicted octanol–water partition coefficient (Wildman–Crippen LogP) is 2.99. The third-order valence-corrected chi connectivity index (χ3v) is 3.83. The van der Waals surface area contributed by atoms with Crippen LogP contribution >= 0.6 is 15.9 Å². The van der Waals surface area contributed by atoms with E-state index < -0.39 is 0 Å². The molecule has 4 nitrogen and oxygen atoms in total. The number of aromatic nitrogens is 2. The van der Waals surface area contributed by atoms with Crippen LogP contribution in [-0.2, 0) is 11.3 Å². The maximum Gasteiger partial charge on any atom is 0.0660 e. The topological polar surface area (TPSA) is 39.1 Å². The Morgan fingerprint density at radius 2 is 2.10 bits per heavy atom. The van der Waals surface area contributed by atoms with Crippen LogP contribution in [0.2, 0.25) is 0 Å². The lowest BCUT2D eigenvalue weighted by Crippen LogP contribution is -2.18. The van der Waals surface area contributed by atoms with Crippen molar-refractivity contribution in [1.82, 2.24) is 15.1 Å². The lowest BCUT2D eigenvalue weighted by molar-refractivity contribution is 0.199. The van der Waals surface area contributed by atoms with Gasteiger partial charge in [-0.2, -0.15) is 5.10 Å². The van der Waals surface area contributed by atoms with Gasteiger partial charge in [-0.05, 0) is 37.6 Å². The average molecular weight is 338 g/mol. The van der Waals surface area contributed by atoms with Gasteiger partial charge in [-0.25, -0.2) is 4.68 Å². The van der Waals surface area contributed by atoms with E-state index in [0.29, 0.717) is 0 Å². The summed E-state index contributed by atoms with van der Waals surface area (Å²) in [6, 6.07) is 8.40. The van der Waals surface area contributed by atoms with E-state index in [9.17, 15) is 0 Å². The summed E-state index contributed by atoms with van der Waals surface area (Å²) in [5, 5.41) is 7.84. The fraction of sp³-hybridized carbons (Fsp3) is 0.400. The molecule has 0 aliphatic carbocycles. The van der Waals surface area contributed by atoms with Crippen LogP contribution in [0.1, 0.15) is 17.0 Å². The molecule has 0 aliphatic heterocycles. The summed E-state index contributed by atoms with van der Waals surface area (Å²) in [4.78, 5) is 0.